The monoisotopic (exact) mass is 374 g/mol. The Bertz CT molecular complexity index is 785. The number of nitrogens with zero attached hydrogens (tertiary/aromatic N) is 1. The summed E-state index contributed by atoms with van der Waals surface area (Å²) in [6, 6.07) is 6.95. The van der Waals surface area contributed by atoms with E-state index in [1.165, 1.54) is 0 Å². The van der Waals surface area contributed by atoms with Gasteiger partial charge in [-0.3, -0.25) is 4.79 Å². The minimum absolute atomic E-state index is 0.124. The van der Waals surface area contributed by atoms with Crippen molar-refractivity contribution in [1.82, 2.24) is 10.3 Å². The SMILES string of the molecule is Cc1nc(COc2ccccc2C(=O)OCC(=O)N[C@@H](C)C2CC2)cs1. The number of benzene rings is 1. The number of esters is 1. The standard InChI is InChI=1S/C19H22N2O4S/c1-12(14-7-8-14)20-18(22)10-25-19(23)16-5-3-4-6-17(16)24-9-15-11-26-13(2)21-15/h3-6,11-12,14H,7-10H2,1-2H3,(H,20,22)/t12-/m0/s1. The van der Waals surface area contributed by atoms with Crippen LogP contribution in [0.15, 0.2) is 29.6 Å². The summed E-state index contributed by atoms with van der Waals surface area (Å²) in [7, 11) is 0. The van der Waals surface area contributed by atoms with E-state index in [0.717, 1.165) is 23.5 Å². The van der Waals surface area contributed by atoms with E-state index in [2.05, 4.69) is 10.3 Å². The van der Waals surface area contributed by atoms with Gasteiger partial charge in [-0.25, -0.2) is 9.78 Å². The van der Waals surface area contributed by atoms with Gasteiger partial charge in [-0.1, -0.05) is 12.1 Å². The van der Waals surface area contributed by atoms with Crippen molar-refractivity contribution in [3.05, 3.63) is 45.9 Å². The largest absolute Gasteiger partial charge is 0.486 e. The fourth-order valence-corrected chi connectivity index (χ4v) is 3.20. The van der Waals surface area contributed by atoms with Gasteiger partial charge in [-0.15, -0.1) is 11.3 Å². The van der Waals surface area contributed by atoms with Gasteiger partial charge in [0.15, 0.2) is 6.61 Å². The summed E-state index contributed by atoms with van der Waals surface area (Å²) in [6.45, 7) is 3.87. The normalized spacial score (nSPS) is 14.5. The van der Waals surface area contributed by atoms with Crippen molar-refractivity contribution in [2.45, 2.75) is 39.3 Å². The van der Waals surface area contributed by atoms with E-state index in [-0.39, 0.29) is 25.2 Å². The zero-order valence-corrected chi connectivity index (χ0v) is 15.7. The lowest BCUT2D eigenvalue weighted by molar-refractivity contribution is -0.125. The maximum atomic E-state index is 12.3. The molecule has 1 fully saturated rings. The molecule has 1 aliphatic carbocycles. The number of ether oxygens (including phenoxy) is 2. The van der Waals surface area contributed by atoms with Gasteiger partial charge in [-0.05, 0) is 44.7 Å². The molecule has 1 N–H and O–H groups in total. The lowest BCUT2D eigenvalue weighted by Gasteiger charge is -2.13. The number of aryl methyl sites for hydroxylation is 1. The number of para-hydroxylation sites is 1. The van der Waals surface area contributed by atoms with E-state index in [9.17, 15) is 9.59 Å². The third kappa shape index (κ3) is 5.05. The van der Waals surface area contributed by atoms with Gasteiger partial charge in [0.1, 0.15) is 17.9 Å². The van der Waals surface area contributed by atoms with Gasteiger partial charge in [0.2, 0.25) is 0 Å². The topological polar surface area (TPSA) is 77.5 Å². The van der Waals surface area contributed by atoms with E-state index in [1.807, 2.05) is 19.2 Å². The Balaban J connectivity index is 1.54. The first-order valence-corrected chi connectivity index (χ1v) is 9.50. The zero-order chi connectivity index (χ0) is 18.5. The van der Waals surface area contributed by atoms with Crippen molar-refractivity contribution in [3.63, 3.8) is 0 Å². The molecule has 2 aromatic rings. The molecule has 7 heteroatoms. The molecule has 1 atom stereocenters. The molecule has 6 nitrogen and oxygen atoms in total. The fraction of sp³-hybridized carbons (Fsp3) is 0.421. The third-order valence-electron chi connectivity index (χ3n) is 4.20. The molecule has 0 bridgehead atoms. The lowest BCUT2D eigenvalue weighted by atomic mass is 10.2. The second kappa shape index (κ2) is 8.31. The first-order valence-electron chi connectivity index (χ1n) is 8.62. The molecule has 1 amide bonds. The highest BCUT2D eigenvalue weighted by atomic mass is 32.1. The summed E-state index contributed by atoms with van der Waals surface area (Å²) in [5.74, 6) is 0.103. The number of carbonyl (C=O) groups excluding carboxylic acids is 2. The lowest BCUT2D eigenvalue weighted by Crippen LogP contribution is -2.37. The van der Waals surface area contributed by atoms with Crippen LogP contribution in [0.2, 0.25) is 0 Å². The number of amides is 1. The zero-order valence-electron chi connectivity index (χ0n) is 14.9. The second-order valence-corrected chi connectivity index (χ2v) is 7.47. The highest BCUT2D eigenvalue weighted by Gasteiger charge is 2.29. The van der Waals surface area contributed by atoms with Crippen LogP contribution in [0.3, 0.4) is 0 Å². The van der Waals surface area contributed by atoms with Gasteiger partial charge in [0.05, 0.1) is 10.7 Å². The van der Waals surface area contributed by atoms with Crippen molar-refractivity contribution < 1.29 is 19.1 Å². The molecule has 1 aromatic heterocycles. The summed E-state index contributed by atoms with van der Waals surface area (Å²) in [5, 5.41) is 5.74. The molecule has 26 heavy (non-hydrogen) atoms. The van der Waals surface area contributed by atoms with Crippen molar-refractivity contribution in [1.29, 1.82) is 0 Å². The molecule has 0 unspecified atom stereocenters. The van der Waals surface area contributed by atoms with Crippen LogP contribution in [-0.4, -0.2) is 29.5 Å². The van der Waals surface area contributed by atoms with Gasteiger partial charge in [-0.2, -0.15) is 0 Å². The molecule has 138 valence electrons. The number of thiazole rings is 1. The molecule has 1 aliphatic rings. The Morgan fingerprint density at radius 2 is 2.12 bits per heavy atom. The van der Waals surface area contributed by atoms with Crippen LogP contribution >= 0.6 is 11.3 Å². The minimum Gasteiger partial charge on any atom is -0.486 e. The number of nitrogens with one attached hydrogen (secondary N) is 1. The van der Waals surface area contributed by atoms with E-state index in [1.54, 1.807) is 35.6 Å². The quantitative estimate of drug-likeness (QED) is 0.719. The number of hydrogen-bond acceptors (Lipinski definition) is 6. The summed E-state index contributed by atoms with van der Waals surface area (Å²) in [4.78, 5) is 28.5. The number of rotatable bonds is 8. The van der Waals surface area contributed by atoms with Crippen LogP contribution in [0.25, 0.3) is 0 Å². The second-order valence-electron chi connectivity index (χ2n) is 6.41. The van der Waals surface area contributed by atoms with Crippen molar-refractivity contribution in [3.8, 4) is 5.75 Å². The predicted octanol–water partition coefficient (Wildman–Crippen LogP) is 3.10. The Morgan fingerprint density at radius 3 is 2.81 bits per heavy atom. The molecule has 0 spiro atoms. The maximum absolute atomic E-state index is 12.3. The molecule has 0 radical (unpaired) electrons. The molecule has 0 saturated heterocycles. The molecule has 1 saturated carbocycles. The Morgan fingerprint density at radius 1 is 1.35 bits per heavy atom. The van der Waals surface area contributed by atoms with Crippen LogP contribution < -0.4 is 10.1 Å². The molecule has 0 aliphatic heterocycles. The molecule has 1 heterocycles. The first-order chi connectivity index (χ1) is 12.5. The fourth-order valence-electron chi connectivity index (χ4n) is 2.61. The van der Waals surface area contributed by atoms with Gasteiger partial charge in [0, 0.05) is 11.4 Å². The average Bonchev–Trinajstić information content (AvgIpc) is 3.40. The van der Waals surface area contributed by atoms with Crippen molar-refractivity contribution in [2.75, 3.05) is 6.61 Å². The van der Waals surface area contributed by atoms with Crippen LogP contribution in [0, 0.1) is 12.8 Å². The Kier molecular flexibility index (Phi) is 5.88. The molecule has 3 rings (SSSR count). The number of aromatic nitrogens is 1. The van der Waals surface area contributed by atoms with Crippen molar-refractivity contribution in [2.24, 2.45) is 5.92 Å². The van der Waals surface area contributed by atoms with E-state index < -0.39 is 5.97 Å². The summed E-state index contributed by atoms with van der Waals surface area (Å²) in [5.41, 5.74) is 1.10. The van der Waals surface area contributed by atoms with Crippen LogP contribution in [0.4, 0.5) is 0 Å². The molecular formula is C19H22N2O4S. The Hall–Kier alpha value is -2.41. The summed E-state index contributed by atoms with van der Waals surface area (Å²) >= 11 is 1.55. The highest BCUT2D eigenvalue weighted by Crippen LogP contribution is 2.32. The van der Waals surface area contributed by atoms with Crippen LogP contribution in [-0.2, 0) is 16.1 Å². The Labute approximate surface area is 156 Å². The average molecular weight is 374 g/mol. The minimum atomic E-state index is -0.579. The highest BCUT2D eigenvalue weighted by molar-refractivity contribution is 7.09. The third-order valence-corrected chi connectivity index (χ3v) is 5.02. The van der Waals surface area contributed by atoms with Gasteiger partial charge in [0.25, 0.3) is 5.91 Å². The van der Waals surface area contributed by atoms with E-state index in [0.29, 0.717) is 17.2 Å². The summed E-state index contributed by atoms with van der Waals surface area (Å²) in [6.07, 6.45) is 2.29. The smallest absolute Gasteiger partial charge is 0.342 e. The first kappa shape index (κ1) is 18.4. The number of carbonyl (C=O) groups is 2. The number of hydrogen-bond donors (Lipinski definition) is 1. The van der Waals surface area contributed by atoms with Crippen LogP contribution in [0.1, 0.15) is 40.8 Å². The van der Waals surface area contributed by atoms with E-state index in [4.69, 9.17) is 9.47 Å². The molecule has 1 aromatic carbocycles. The van der Waals surface area contributed by atoms with E-state index >= 15 is 0 Å². The summed E-state index contributed by atoms with van der Waals surface area (Å²) < 4.78 is 10.9. The van der Waals surface area contributed by atoms with Crippen molar-refractivity contribution >= 4 is 23.2 Å². The van der Waals surface area contributed by atoms with Gasteiger partial charge >= 0.3 is 5.97 Å². The molecular weight excluding hydrogens is 352 g/mol. The predicted molar refractivity (Wildman–Crippen MR) is 98.2 cm³/mol. The van der Waals surface area contributed by atoms with Gasteiger partial charge < -0.3 is 14.8 Å². The maximum Gasteiger partial charge on any atom is 0.342 e. The van der Waals surface area contributed by atoms with Crippen LogP contribution in [0.5, 0.6) is 5.75 Å².